The smallest absolute Gasteiger partial charge is 0.319 e. The predicted octanol–water partition coefficient (Wildman–Crippen LogP) is 2.23. The highest BCUT2D eigenvalue weighted by Crippen LogP contribution is 2.27. The zero-order valence-corrected chi connectivity index (χ0v) is 11.0. The Hall–Kier alpha value is -2.61. The van der Waals surface area contributed by atoms with Crippen molar-refractivity contribution in [1.29, 1.82) is 0 Å². The maximum absolute atomic E-state index is 11.9. The van der Waals surface area contributed by atoms with Gasteiger partial charge in [0.1, 0.15) is 11.9 Å². The van der Waals surface area contributed by atoms with Gasteiger partial charge in [-0.25, -0.2) is 0 Å². The molecule has 1 amide bonds. The fourth-order valence-corrected chi connectivity index (χ4v) is 1.78. The van der Waals surface area contributed by atoms with Gasteiger partial charge in [0.25, 0.3) is 5.91 Å². The monoisotopic (exact) mass is 296 g/mol. The molecule has 104 valence electrons. The molecular formula is C11H9ClN4O4. The third kappa shape index (κ3) is 2.69. The first-order valence-corrected chi connectivity index (χ1v) is 5.73. The third-order valence-corrected chi connectivity index (χ3v) is 2.75. The number of hydrogen-bond donors (Lipinski definition) is 2. The molecule has 0 aliphatic heterocycles. The maximum atomic E-state index is 11.9. The minimum atomic E-state index is -0.695. The van der Waals surface area contributed by atoms with Crippen molar-refractivity contribution in [3.8, 4) is 5.75 Å². The summed E-state index contributed by atoms with van der Waals surface area (Å²) in [4.78, 5) is 21.9. The van der Waals surface area contributed by atoms with Crippen LogP contribution in [0.1, 0.15) is 10.5 Å². The summed E-state index contributed by atoms with van der Waals surface area (Å²) >= 11 is 5.91. The molecular weight excluding hydrogens is 288 g/mol. The van der Waals surface area contributed by atoms with E-state index in [1.165, 1.54) is 13.2 Å². The Bertz CT molecular complexity index is 670. The molecule has 0 saturated heterocycles. The Morgan fingerprint density at radius 1 is 1.55 bits per heavy atom. The minimum absolute atomic E-state index is 0.234. The summed E-state index contributed by atoms with van der Waals surface area (Å²) in [5, 5.41) is 19.3. The number of H-pyrrole nitrogens is 1. The van der Waals surface area contributed by atoms with Crippen molar-refractivity contribution in [2.75, 3.05) is 12.4 Å². The van der Waals surface area contributed by atoms with E-state index in [1.807, 2.05) is 0 Å². The summed E-state index contributed by atoms with van der Waals surface area (Å²) in [7, 11) is 1.47. The molecule has 0 radical (unpaired) electrons. The van der Waals surface area contributed by atoms with Gasteiger partial charge in [-0.15, -0.1) is 0 Å². The Morgan fingerprint density at radius 2 is 2.30 bits per heavy atom. The number of nitrogens with zero attached hydrogens (tertiary/aromatic N) is 2. The normalized spacial score (nSPS) is 10.1. The fraction of sp³-hybridized carbons (Fsp3) is 0.0909. The van der Waals surface area contributed by atoms with Crippen LogP contribution in [0.2, 0.25) is 5.02 Å². The number of aromatic amines is 1. The zero-order valence-electron chi connectivity index (χ0n) is 10.2. The lowest BCUT2D eigenvalue weighted by Crippen LogP contribution is -2.14. The molecule has 0 aliphatic rings. The molecule has 20 heavy (non-hydrogen) atoms. The van der Waals surface area contributed by atoms with E-state index in [0.717, 1.165) is 6.20 Å². The van der Waals surface area contributed by atoms with Gasteiger partial charge in [0.05, 0.1) is 17.1 Å². The number of aromatic nitrogens is 2. The zero-order chi connectivity index (χ0) is 14.7. The lowest BCUT2D eigenvalue weighted by Gasteiger charge is -2.07. The Labute approximate surface area is 117 Å². The van der Waals surface area contributed by atoms with Crippen LogP contribution in [0.15, 0.2) is 24.4 Å². The summed E-state index contributed by atoms with van der Waals surface area (Å²) in [6.07, 6.45) is 0.968. The predicted molar refractivity (Wildman–Crippen MR) is 71.2 cm³/mol. The molecule has 9 heteroatoms. The number of rotatable bonds is 4. The summed E-state index contributed by atoms with van der Waals surface area (Å²) in [5.41, 5.74) is -0.256. The second-order valence-corrected chi connectivity index (χ2v) is 4.10. The van der Waals surface area contributed by atoms with E-state index in [4.69, 9.17) is 16.3 Å². The number of amides is 1. The van der Waals surface area contributed by atoms with E-state index in [9.17, 15) is 14.9 Å². The van der Waals surface area contributed by atoms with Crippen molar-refractivity contribution >= 4 is 28.9 Å². The van der Waals surface area contributed by atoms with Crippen LogP contribution in [0.4, 0.5) is 11.4 Å². The number of nitro groups is 1. The average molecular weight is 297 g/mol. The van der Waals surface area contributed by atoms with Gasteiger partial charge < -0.3 is 10.1 Å². The maximum Gasteiger partial charge on any atom is 0.319 e. The molecule has 0 bridgehead atoms. The number of ether oxygens (including phenoxy) is 1. The van der Waals surface area contributed by atoms with Crippen molar-refractivity contribution in [3.05, 3.63) is 45.2 Å². The Balaban J connectivity index is 2.21. The van der Waals surface area contributed by atoms with E-state index in [-0.39, 0.29) is 5.69 Å². The van der Waals surface area contributed by atoms with E-state index in [0.29, 0.717) is 16.5 Å². The minimum Gasteiger partial charge on any atom is -0.495 e. The van der Waals surface area contributed by atoms with E-state index >= 15 is 0 Å². The van der Waals surface area contributed by atoms with Crippen molar-refractivity contribution < 1.29 is 14.5 Å². The first-order valence-electron chi connectivity index (χ1n) is 5.35. The molecule has 0 fully saturated rings. The number of carbonyl (C=O) groups excluding carboxylic acids is 1. The van der Waals surface area contributed by atoms with Crippen molar-refractivity contribution in [2.45, 2.75) is 0 Å². The quantitative estimate of drug-likeness (QED) is 0.664. The van der Waals surface area contributed by atoms with Crippen LogP contribution in [0.5, 0.6) is 5.75 Å². The highest BCUT2D eigenvalue weighted by molar-refractivity contribution is 6.32. The van der Waals surface area contributed by atoms with Crippen LogP contribution >= 0.6 is 11.6 Å². The Morgan fingerprint density at radius 3 is 2.90 bits per heavy atom. The molecule has 1 heterocycles. The van der Waals surface area contributed by atoms with Crippen LogP contribution in [0, 0.1) is 10.1 Å². The third-order valence-electron chi connectivity index (χ3n) is 2.45. The molecule has 2 aromatic rings. The molecule has 2 rings (SSSR count). The van der Waals surface area contributed by atoms with Gasteiger partial charge in [-0.2, -0.15) is 5.10 Å². The molecule has 0 spiro atoms. The molecule has 2 N–H and O–H groups in total. The van der Waals surface area contributed by atoms with Crippen LogP contribution in [0.3, 0.4) is 0 Å². The van der Waals surface area contributed by atoms with E-state index < -0.39 is 16.5 Å². The van der Waals surface area contributed by atoms with Crippen LogP contribution in [-0.4, -0.2) is 28.1 Å². The van der Waals surface area contributed by atoms with Crippen molar-refractivity contribution in [1.82, 2.24) is 10.2 Å². The number of carbonyl (C=O) groups is 1. The molecule has 1 aromatic heterocycles. The van der Waals surface area contributed by atoms with Gasteiger partial charge in [0, 0.05) is 5.69 Å². The fourth-order valence-electron chi connectivity index (χ4n) is 1.52. The number of hydrogen-bond acceptors (Lipinski definition) is 5. The number of anilines is 1. The van der Waals surface area contributed by atoms with Gasteiger partial charge in [-0.1, -0.05) is 11.6 Å². The second kappa shape index (κ2) is 5.57. The highest BCUT2D eigenvalue weighted by Gasteiger charge is 2.22. The van der Waals surface area contributed by atoms with Gasteiger partial charge >= 0.3 is 5.69 Å². The number of benzene rings is 1. The van der Waals surface area contributed by atoms with Gasteiger partial charge in [0.15, 0.2) is 0 Å². The second-order valence-electron chi connectivity index (χ2n) is 3.69. The number of methoxy groups -OCH3 is 1. The molecule has 0 unspecified atom stereocenters. The van der Waals surface area contributed by atoms with Crippen molar-refractivity contribution in [2.24, 2.45) is 0 Å². The largest absolute Gasteiger partial charge is 0.495 e. The first kappa shape index (κ1) is 13.8. The topological polar surface area (TPSA) is 110 Å². The number of nitrogens with one attached hydrogen (secondary N) is 2. The summed E-state index contributed by atoms with van der Waals surface area (Å²) < 4.78 is 4.98. The van der Waals surface area contributed by atoms with Gasteiger partial charge in [0.2, 0.25) is 5.69 Å². The number of halogens is 1. The lowest BCUT2D eigenvalue weighted by atomic mass is 10.2. The molecule has 0 aliphatic carbocycles. The molecule has 0 atom stereocenters. The van der Waals surface area contributed by atoms with Crippen LogP contribution in [0.25, 0.3) is 0 Å². The SMILES string of the molecule is COc1ccc(NC(=O)c2[nH]ncc2[N+](=O)[O-])cc1Cl. The highest BCUT2D eigenvalue weighted by atomic mass is 35.5. The van der Waals surface area contributed by atoms with Crippen LogP contribution in [-0.2, 0) is 0 Å². The average Bonchev–Trinajstić information content (AvgIpc) is 2.88. The van der Waals surface area contributed by atoms with E-state index in [1.54, 1.807) is 12.1 Å². The van der Waals surface area contributed by atoms with Crippen LogP contribution < -0.4 is 10.1 Å². The summed E-state index contributed by atoms with van der Waals surface area (Å²) in [6.45, 7) is 0. The first-order chi connectivity index (χ1) is 9.52. The van der Waals surface area contributed by atoms with Gasteiger partial charge in [-0.3, -0.25) is 20.0 Å². The molecule has 1 aromatic carbocycles. The summed E-state index contributed by atoms with van der Waals surface area (Å²) in [6, 6.07) is 4.60. The van der Waals surface area contributed by atoms with Gasteiger partial charge in [-0.05, 0) is 18.2 Å². The molecule has 0 saturated carbocycles. The summed E-state index contributed by atoms with van der Waals surface area (Å²) in [5.74, 6) is -0.229. The van der Waals surface area contributed by atoms with Crippen molar-refractivity contribution in [3.63, 3.8) is 0 Å². The Kier molecular flexibility index (Phi) is 3.85. The standard InChI is InChI=1S/C11H9ClN4O4/c1-20-9-3-2-6(4-7(9)12)14-11(17)10-8(16(18)19)5-13-15-10/h2-5H,1H3,(H,13,15)(H,14,17). The lowest BCUT2D eigenvalue weighted by molar-refractivity contribution is -0.385. The molecule has 8 nitrogen and oxygen atoms in total. The van der Waals surface area contributed by atoms with E-state index in [2.05, 4.69) is 15.5 Å².